The van der Waals surface area contributed by atoms with Gasteiger partial charge in [0.15, 0.2) is 34.3 Å². The predicted molar refractivity (Wildman–Crippen MR) is 232 cm³/mol. The second-order valence-electron chi connectivity index (χ2n) is 15.4. The average molecular weight is 852 g/mol. The van der Waals surface area contributed by atoms with E-state index in [9.17, 15) is 48.9 Å². The Morgan fingerprint density at radius 3 is 1.10 bits per heavy atom. The molecule has 7 N–H and O–H groups in total. The van der Waals surface area contributed by atoms with E-state index in [-0.39, 0.29) is 49.0 Å². The van der Waals surface area contributed by atoms with Gasteiger partial charge in [-0.2, -0.15) is 0 Å². The number of pyridine rings is 3. The Kier molecular flexibility index (Phi) is 20.3. The molecule has 17 heteroatoms. The van der Waals surface area contributed by atoms with E-state index < -0.39 is 56.8 Å². The van der Waals surface area contributed by atoms with Crippen molar-refractivity contribution in [1.82, 2.24) is 35.0 Å². The highest BCUT2D eigenvalue weighted by atomic mass is 16.3. The Morgan fingerprint density at radius 1 is 0.508 bits per heavy atom. The maximum Gasteiger partial charge on any atom is 0.271 e. The van der Waals surface area contributed by atoms with Gasteiger partial charge in [0.25, 0.3) is 17.7 Å². The number of hydrogen-bond donors (Lipinski definition) is 7. The maximum absolute atomic E-state index is 13.4. The van der Waals surface area contributed by atoms with Crippen LogP contribution in [-0.4, -0.2) is 77.8 Å². The van der Waals surface area contributed by atoms with Gasteiger partial charge in [-0.05, 0) is 64.2 Å². The Balaban J connectivity index is 1.84. The van der Waals surface area contributed by atoms with Crippen molar-refractivity contribution in [2.45, 2.75) is 143 Å². The molecule has 0 spiro atoms. The van der Waals surface area contributed by atoms with Gasteiger partial charge in [0, 0.05) is 88.0 Å². The first-order valence-corrected chi connectivity index (χ1v) is 21.7. The van der Waals surface area contributed by atoms with Crippen molar-refractivity contribution in [1.29, 1.82) is 0 Å². The lowest BCUT2D eigenvalue weighted by Crippen LogP contribution is -2.50. The minimum absolute atomic E-state index is 0.124. The number of nitrogens with zero attached hydrogens (tertiary/aromatic N) is 3. The van der Waals surface area contributed by atoms with Gasteiger partial charge in [-0.15, -0.1) is 0 Å². The van der Waals surface area contributed by atoms with Crippen LogP contribution in [0.25, 0.3) is 0 Å². The number of aromatic nitrogens is 3. The third-order valence-electron chi connectivity index (χ3n) is 10.6. The quantitative estimate of drug-likeness (QED) is 0.0537. The number of aromatic hydroxyl groups is 3. The lowest BCUT2D eigenvalue weighted by Gasteiger charge is -2.36. The number of rotatable bonds is 27. The summed E-state index contributed by atoms with van der Waals surface area (Å²) in [5, 5.41) is 43.3. The molecule has 0 aliphatic heterocycles. The first-order chi connectivity index (χ1) is 29.2. The highest BCUT2D eigenvalue weighted by molar-refractivity contribution is 5.96. The van der Waals surface area contributed by atoms with Crippen LogP contribution in [0.5, 0.6) is 17.2 Å². The van der Waals surface area contributed by atoms with Gasteiger partial charge in [-0.1, -0.05) is 47.0 Å². The molecule has 0 radical (unpaired) electrons. The third-order valence-corrected chi connectivity index (χ3v) is 10.6. The molecule has 3 aromatic heterocycles. The lowest BCUT2D eigenvalue weighted by molar-refractivity contribution is -0.123. The second-order valence-corrected chi connectivity index (χ2v) is 15.4. The Labute approximate surface area is 356 Å². The summed E-state index contributed by atoms with van der Waals surface area (Å²) in [7, 11) is 0. The monoisotopic (exact) mass is 851 g/mol. The van der Waals surface area contributed by atoms with Crippen LogP contribution in [0.15, 0.2) is 51.2 Å². The summed E-state index contributed by atoms with van der Waals surface area (Å²) in [5.41, 5.74) is -3.33. The van der Waals surface area contributed by atoms with Gasteiger partial charge in [0.1, 0.15) is 0 Å². The van der Waals surface area contributed by atoms with Crippen LogP contribution in [-0.2, 0) is 24.4 Å². The normalized spacial score (nSPS) is 11.3. The molecule has 0 aliphatic carbocycles. The molecule has 336 valence electrons. The largest absolute Gasteiger partial charge is 0.503 e. The Bertz CT molecular complexity index is 1900. The van der Waals surface area contributed by atoms with Crippen molar-refractivity contribution in [2.75, 3.05) is 19.6 Å². The summed E-state index contributed by atoms with van der Waals surface area (Å²) in [4.78, 5) is 90.2. The van der Waals surface area contributed by atoms with Crippen LogP contribution in [0.4, 0.5) is 0 Å². The van der Waals surface area contributed by atoms with E-state index in [1.165, 1.54) is 36.8 Å². The maximum atomic E-state index is 13.4. The zero-order chi connectivity index (χ0) is 45.0. The predicted octanol–water partition coefficient (Wildman–Crippen LogP) is 4.27. The van der Waals surface area contributed by atoms with E-state index in [1.807, 2.05) is 27.7 Å². The number of aryl methyl sites for hydroxylation is 3. The van der Waals surface area contributed by atoms with Gasteiger partial charge in [-0.3, -0.25) is 33.6 Å². The van der Waals surface area contributed by atoms with Crippen LogP contribution in [0.1, 0.15) is 149 Å². The van der Waals surface area contributed by atoms with E-state index in [2.05, 4.69) is 21.3 Å². The smallest absolute Gasteiger partial charge is 0.271 e. The number of hydrogen-bond acceptors (Lipinski definition) is 10. The average Bonchev–Trinajstić information content (AvgIpc) is 3.23. The summed E-state index contributed by atoms with van der Waals surface area (Å²) < 4.78 is 4.64. The molecule has 0 aliphatic rings. The van der Waals surface area contributed by atoms with E-state index in [1.54, 1.807) is 13.7 Å². The van der Waals surface area contributed by atoms with Gasteiger partial charge in [0.05, 0.1) is 0 Å². The highest BCUT2D eigenvalue weighted by Crippen LogP contribution is 2.27. The molecule has 4 amide bonds. The minimum Gasteiger partial charge on any atom is -0.503 e. The third kappa shape index (κ3) is 14.4. The first-order valence-electron chi connectivity index (χ1n) is 21.7. The molecule has 61 heavy (non-hydrogen) atoms. The fourth-order valence-corrected chi connectivity index (χ4v) is 7.23. The van der Waals surface area contributed by atoms with Crippen LogP contribution < -0.4 is 37.6 Å². The van der Waals surface area contributed by atoms with Crippen molar-refractivity contribution in [3.05, 3.63) is 84.5 Å². The van der Waals surface area contributed by atoms with Crippen molar-refractivity contribution >= 4 is 23.6 Å². The molecule has 0 saturated carbocycles. The first kappa shape index (κ1) is 49.5. The van der Waals surface area contributed by atoms with E-state index in [0.29, 0.717) is 64.6 Å². The molecule has 0 aromatic carbocycles. The summed E-state index contributed by atoms with van der Waals surface area (Å²) in [5.74, 6) is -4.00. The molecule has 0 bridgehead atoms. The molecule has 0 atom stereocenters. The fraction of sp³-hybridized carbons (Fsp3) is 0.568. The summed E-state index contributed by atoms with van der Waals surface area (Å²) in [6.45, 7) is 9.47. The van der Waals surface area contributed by atoms with Crippen molar-refractivity contribution < 1.29 is 34.5 Å². The van der Waals surface area contributed by atoms with Gasteiger partial charge < -0.3 is 50.3 Å². The zero-order valence-electron chi connectivity index (χ0n) is 36.1. The van der Waals surface area contributed by atoms with Crippen LogP contribution >= 0.6 is 0 Å². The molecule has 0 unspecified atom stereocenters. The minimum atomic E-state index is -0.902. The Morgan fingerprint density at radius 2 is 0.820 bits per heavy atom. The second kappa shape index (κ2) is 25.0. The number of carbonyl (C=O) groups excluding carboxylic acids is 4. The molecule has 3 aromatic rings. The van der Waals surface area contributed by atoms with Gasteiger partial charge >= 0.3 is 0 Å². The summed E-state index contributed by atoms with van der Waals surface area (Å²) >= 11 is 0. The van der Waals surface area contributed by atoms with Gasteiger partial charge in [-0.25, -0.2) is 0 Å². The molecule has 0 fully saturated rings. The van der Waals surface area contributed by atoms with Crippen LogP contribution in [0.2, 0.25) is 0 Å². The summed E-state index contributed by atoms with van der Waals surface area (Å²) in [6, 6.07) is 3.63. The molecule has 17 nitrogen and oxygen atoms in total. The number of unbranched alkanes of at least 4 members (excludes halogenated alkanes) is 3. The molecular weight excluding hydrogens is 787 g/mol. The zero-order valence-corrected chi connectivity index (χ0v) is 36.1. The SMILES string of the molecule is CCCCn1ccc(=O)c(O)c1C(=O)NCCCC(CCCNC(=O)c1c(O)c(=O)ccn1CCCC)(CCCNC(=O)c1c(O)c(=O)ccn1CCCC)NC(=O)CCC. The van der Waals surface area contributed by atoms with E-state index in [0.717, 1.165) is 38.5 Å². The van der Waals surface area contributed by atoms with Gasteiger partial charge in [0.2, 0.25) is 22.2 Å². The standard InChI is InChI=1S/C44H65N7O10/c1-5-9-25-49-28-16-31(52)38(56)35(49)41(59)45-22-12-19-44(48-34(55)15-8-4,20-13-23-46-42(60)36-39(57)32(53)17-29-50(36)26-10-6-2)21-14-24-47-43(61)37-40(58)33(54)18-30-51(37)27-11-7-3/h16-18,28-30,56-58H,5-15,19-27H2,1-4H3,(H,45,59)(H,46,60)(H,47,61)(H,48,55). The van der Waals surface area contributed by atoms with Crippen molar-refractivity contribution in [3.8, 4) is 17.2 Å². The number of carbonyl (C=O) groups is 4. The summed E-state index contributed by atoms with van der Waals surface area (Å²) in [6.07, 6.45) is 12.0. The molecule has 0 saturated heterocycles. The molecule has 3 rings (SSSR count). The Hall–Kier alpha value is -5.87. The number of amides is 4. The molecular formula is C44H65N7O10. The highest BCUT2D eigenvalue weighted by Gasteiger charge is 2.31. The number of nitrogens with one attached hydrogen (secondary N) is 4. The van der Waals surface area contributed by atoms with Crippen LogP contribution in [0.3, 0.4) is 0 Å². The lowest BCUT2D eigenvalue weighted by atomic mass is 9.83. The fourth-order valence-electron chi connectivity index (χ4n) is 7.23. The van der Waals surface area contributed by atoms with E-state index >= 15 is 0 Å². The topological polar surface area (TPSA) is 243 Å². The van der Waals surface area contributed by atoms with Crippen molar-refractivity contribution in [2.24, 2.45) is 0 Å². The van der Waals surface area contributed by atoms with Crippen LogP contribution in [0, 0.1) is 0 Å². The van der Waals surface area contributed by atoms with Crippen molar-refractivity contribution in [3.63, 3.8) is 0 Å². The molecule has 3 heterocycles. The van der Waals surface area contributed by atoms with E-state index in [4.69, 9.17) is 0 Å².